The molecular formula is C17H23NO2. The molecule has 0 radical (unpaired) electrons. The lowest BCUT2D eigenvalue weighted by Crippen LogP contribution is -2.28. The van der Waals surface area contributed by atoms with E-state index in [0.29, 0.717) is 25.9 Å². The summed E-state index contributed by atoms with van der Waals surface area (Å²) in [6.07, 6.45) is 1.75. The van der Waals surface area contributed by atoms with Crippen LogP contribution in [0, 0.1) is 0 Å². The lowest BCUT2D eigenvalue weighted by molar-refractivity contribution is -0.131. The molecule has 0 N–H and O–H groups in total. The molecule has 0 unspecified atom stereocenters. The predicted octanol–water partition coefficient (Wildman–Crippen LogP) is 2.72. The maximum atomic E-state index is 12.0. The number of hydrogen-bond donors (Lipinski definition) is 0. The summed E-state index contributed by atoms with van der Waals surface area (Å²) in [6, 6.07) is 8.48. The second-order valence-corrected chi connectivity index (χ2v) is 6.55. The van der Waals surface area contributed by atoms with Crippen molar-refractivity contribution in [1.82, 2.24) is 4.90 Å². The van der Waals surface area contributed by atoms with Gasteiger partial charge in [-0.25, -0.2) is 0 Å². The number of rotatable bonds is 3. The Labute approximate surface area is 121 Å². The molecule has 0 saturated carbocycles. The molecule has 1 aromatic rings. The van der Waals surface area contributed by atoms with Gasteiger partial charge in [0, 0.05) is 19.4 Å². The van der Waals surface area contributed by atoms with E-state index in [1.807, 2.05) is 0 Å². The summed E-state index contributed by atoms with van der Waals surface area (Å²) in [6.45, 7) is 7.48. The molecule has 108 valence electrons. The Morgan fingerprint density at radius 1 is 1.20 bits per heavy atom. The number of benzene rings is 1. The standard InChI is InChI=1S/C17H23NO2/c1-17(2,3)14-7-4-13(5-8-14)6-9-16(20)18-11-10-15(19)12-18/h4-5,7-8H,6,9-12H2,1-3H3. The maximum absolute atomic E-state index is 12.0. The first-order valence-electron chi connectivity index (χ1n) is 7.25. The van der Waals surface area contributed by atoms with Crippen LogP contribution >= 0.6 is 0 Å². The molecule has 0 atom stereocenters. The molecule has 1 amide bonds. The van der Waals surface area contributed by atoms with Crippen molar-refractivity contribution < 1.29 is 9.59 Å². The van der Waals surface area contributed by atoms with E-state index in [0.717, 1.165) is 6.42 Å². The molecule has 1 aliphatic heterocycles. The SMILES string of the molecule is CC(C)(C)c1ccc(CCC(=O)N2CCC(=O)C2)cc1. The van der Waals surface area contributed by atoms with Gasteiger partial charge in [-0.15, -0.1) is 0 Å². The second-order valence-electron chi connectivity index (χ2n) is 6.55. The van der Waals surface area contributed by atoms with Crippen LogP contribution in [0.4, 0.5) is 0 Å². The normalized spacial score (nSPS) is 15.8. The van der Waals surface area contributed by atoms with E-state index in [1.165, 1.54) is 11.1 Å². The fraction of sp³-hybridized carbons (Fsp3) is 0.529. The van der Waals surface area contributed by atoms with Crippen LogP contribution in [-0.4, -0.2) is 29.7 Å². The van der Waals surface area contributed by atoms with E-state index in [-0.39, 0.29) is 17.1 Å². The average molecular weight is 273 g/mol. The Morgan fingerprint density at radius 3 is 2.35 bits per heavy atom. The van der Waals surface area contributed by atoms with Crippen molar-refractivity contribution >= 4 is 11.7 Å². The quantitative estimate of drug-likeness (QED) is 0.849. The zero-order chi connectivity index (χ0) is 14.8. The minimum absolute atomic E-state index is 0.0933. The summed E-state index contributed by atoms with van der Waals surface area (Å²) in [5, 5.41) is 0. The highest BCUT2D eigenvalue weighted by atomic mass is 16.2. The zero-order valence-electron chi connectivity index (χ0n) is 12.6. The molecule has 0 aliphatic carbocycles. The highest BCUT2D eigenvalue weighted by Gasteiger charge is 2.23. The minimum atomic E-state index is 0.0933. The highest BCUT2D eigenvalue weighted by Crippen LogP contribution is 2.22. The van der Waals surface area contributed by atoms with Gasteiger partial charge in [0.2, 0.25) is 5.91 Å². The van der Waals surface area contributed by atoms with Gasteiger partial charge < -0.3 is 4.90 Å². The number of likely N-dealkylation sites (tertiary alicyclic amines) is 1. The van der Waals surface area contributed by atoms with E-state index < -0.39 is 0 Å². The molecule has 20 heavy (non-hydrogen) atoms. The summed E-state index contributed by atoms with van der Waals surface area (Å²) < 4.78 is 0. The molecule has 1 saturated heterocycles. The highest BCUT2D eigenvalue weighted by molar-refractivity contribution is 5.89. The van der Waals surface area contributed by atoms with Gasteiger partial charge in [-0.1, -0.05) is 45.0 Å². The third-order valence-corrected chi connectivity index (χ3v) is 3.83. The van der Waals surface area contributed by atoms with Gasteiger partial charge in [-0.2, -0.15) is 0 Å². The van der Waals surface area contributed by atoms with Crippen LogP contribution in [-0.2, 0) is 21.4 Å². The topological polar surface area (TPSA) is 37.4 Å². The minimum Gasteiger partial charge on any atom is -0.335 e. The number of carbonyl (C=O) groups is 2. The molecule has 0 aromatic heterocycles. The predicted molar refractivity (Wildman–Crippen MR) is 79.7 cm³/mol. The fourth-order valence-corrected chi connectivity index (χ4v) is 2.42. The van der Waals surface area contributed by atoms with Crippen LogP contribution in [0.2, 0.25) is 0 Å². The lowest BCUT2D eigenvalue weighted by atomic mass is 9.86. The first-order valence-corrected chi connectivity index (χ1v) is 7.25. The Kier molecular flexibility index (Phi) is 4.26. The number of nitrogens with zero attached hydrogens (tertiary/aromatic N) is 1. The molecule has 2 rings (SSSR count). The maximum Gasteiger partial charge on any atom is 0.223 e. The first-order chi connectivity index (χ1) is 9.36. The molecule has 1 aliphatic rings. The van der Waals surface area contributed by atoms with E-state index in [9.17, 15) is 9.59 Å². The first kappa shape index (κ1) is 14.8. The number of aryl methyl sites for hydroxylation is 1. The van der Waals surface area contributed by atoms with Crippen molar-refractivity contribution in [2.75, 3.05) is 13.1 Å². The smallest absolute Gasteiger partial charge is 0.223 e. The van der Waals surface area contributed by atoms with Crippen LogP contribution in [0.25, 0.3) is 0 Å². The Hall–Kier alpha value is -1.64. The summed E-state index contributed by atoms with van der Waals surface area (Å²) in [5.74, 6) is 0.267. The van der Waals surface area contributed by atoms with Gasteiger partial charge in [-0.3, -0.25) is 9.59 Å². The molecule has 0 bridgehead atoms. The average Bonchev–Trinajstić information content (AvgIpc) is 2.82. The number of Topliss-reactive ketones (excluding diaryl/α,β-unsaturated/α-hetero) is 1. The van der Waals surface area contributed by atoms with Crippen molar-refractivity contribution in [3.8, 4) is 0 Å². The molecule has 1 fully saturated rings. The van der Waals surface area contributed by atoms with Gasteiger partial charge in [-0.05, 0) is 23.0 Å². The largest absolute Gasteiger partial charge is 0.335 e. The summed E-state index contributed by atoms with van der Waals surface area (Å²) in [7, 11) is 0. The van der Waals surface area contributed by atoms with Crippen molar-refractivity contribution in [3.63, 3.8) is 0 Å². The number of carbonyl (C=O) groups excluding carboxylic acids is 2. The number of amides is 1. The molecule has 1 aromatic carbocycles. The Morgan fingerprint density at radius 2 is 1.85 bits per heavy atom. The van der Waals surface area contributed by atoms with E-state index in [2.05, 4.69) is 45.0 Å². The van der Waals surface area contributed by atoms with Crippen LogP contribution in [0.5, 0.6) is 0 Å². The van der Waals surface area contributed by atoms with Gasteiger partial charge >= 0.3 is 0 Å². The van der Waals surface area contributed by atoms with Crippen LogP contribution in [0.3, 0.4) is 0 Å². The van der Waals surface area contributed by atoms with E-state index >= 15 is 0 Å². The van der Waals surface area contributed by atoms with Crippen LogP contribution in [0.15, 0.2) is 24.3 Å². The van der Waals surface area contributed by atoms with Gasteiger partial charge in [0.1, 0.15) is 0 Å². The van der Waals surface area contributed by atoms with Crippen molar-refractivity contribution in [2.45, 2.75) is 45.4 Å². The van der Waals surface area contributed by atoms with Crippen LogP contribution in [0.1, 0.15) is 44.7 Å². The van der Waals surface area contributed by atoms with Crippen molar-refractivity contribution in [1.29, 1.82) is 0 Å². The van der Waals surface area contributed by atoms with Crippen molar-refractivity contribution in [3.05, 3.63) is 35.4 Å². The summed E-state index contributed by atoms with van der Waals surface area (Å²) in [4.78, 5) is 24.8. The molecule has 3 heteroatoms. The van der Waals surface area contributed by atoms with E-state index in [4.69, 9.17) is 0 Å². The monoisotopic (exact) mass is 273 g/mol. The van der Waals surface area contributed by atoms with Gasteiger partial charge in [0.15, 0.2) is 5.78 Å². The van der Waals surface area contributed by atoms with Crippen LogP contribution < -0.4 is 0 Å². The molecule has 3 nitrogen and oxygen atoms in total. The Bertz CT molecular complexity index is 497. The lowest BCUT2D eigenvalue weighted by Gasteiger charge is -2.19. The summed E-state index contributed by atoms with van der Waals surface area (Å²) >= 11 is 0. The van der Waals surface area contributed by atoms with Crippen molar-refractivity contribution in [2.24, 2.45) is 0 Å². The number of ketones is 1. The second kappa shape index (κ2) is 5.78. The fourth-order valence-electron chi connectivity index (χ4n) is 2.42. The van der Waals surface area contributed by atoms with E-state index in [1.54, 1.807) is 4.90 Å². The Balaban J connectivity index is 1.88. The van der Waals surface area contributed by atoms with Gasteiger partial charge in [0.25, 0.3) is 0 Å². The molecule has 1 heterocycles. The zero-order valence-corrected chi connectivity index (χ0v) is 12.6. The molecule has 0 spiro atoms. The number of hydrogen-bond acceptors (Lipinski definition) is 2. The van der Waals surface area contributed by atoms with Gasteiger partial charge in [0.05, 0.1) is 6.54 Å². The third-order valence-electron chi connectivity index (χ3n) is 3.83. The molecular weight excluding hydrogens is 250 g/mol. The summed E-state index contributed by atoms with van der Waals surface area (Å²) in [5.41, 5.74) is 2.64. The third kappa shape index (κ3) is 3.69.